The van der Waals surface area contributed by atoms with E-state index in [1.807, 2.05) is 0 Å². The summed E-state index contributed by atoms with van der Waals surface area (Å²) in [6, 6.07) is 6.98. The zero-order valence-electron chi connectivity index (χ0n) is 13.5. The van der Waals surface area contributed by atoms with Gasteiger partial charge in [-0.3, -0.25) is 0 Å². The van der Waals surface area contributed by atoms with Crippen LogP contribution in [0.4, 0.5) is 24.7 Å². The van der Waals surface area contributed by atoms with Gasteiger partial charge in [-0.2, -0.15) is 18.2 Å². The van der Waals surface area contributed by atoms with Gasteiger partial charge in [-0.15, -0.1) is 0 Å². The normalized spacial score (nSPS) is 11.4. The number of nitrogens with zero attached hydrogens (tertiary/aromatic N) is 3. The molecule has 3 aromatic rings. The SMILES string of the molecule is CNc1cnc(Cl)nc1NCc1ccc(-c2ncc(C(F)(F)F)[nH]2)cc1. The van der Waals surface area contributed by atoms with Crippen LogP contribution >= 0.6 is 11.6 Å². The number of benzene rings is 1. The Morgan fingerprint density at radius 1 is 1.12 bits per heavy atom. The number of H-pyrrole nitrogens is 1. The first-order chi connectivity index (χ1) is 12.4. The maximum absolute atomic E-state index is 12.6. The maximum Gasteiger partial charge on any atom is 0.432 e. The van der Waals surface area contributed by atoms with Crippen molar-refractivity contribution in [3.8, 4) is 11.4 Å². The highest BCUT2D eigenvalue weighted by molar-refractivity contribution is 6.28. The Bertz CT molecular complexity index is 892. The van der Waals surface area contributed by atoms with Crippen LogP contribution in [0, 0.1) is 0 Å². The Kier molecular flexibility index (Phi) is 4.99. The van der Waals surface area contributed by atoms with Gasteiger partial charge in [-0.25, -0.2) is 9.97 Å². The molecule has 2 heterocycles. The zero-order valence-corrected chi connectivity index (χ0v) is 14.3. The van der Waals surface area contributed by atoms with Crippen molar-refractivity contribution < 1.29 is 13.2 Å². The van der Waals surface area contributed by atoms with E-state index in [4.69, 9.17) is 11.6 Å². The van der Waals surface area contributed by atoms with Crippen LogP contribution in [0.15, 0.2) is 36.7 Å². The quantitative estimate of drug-likeness (QED) is 0.577. The van der Waals surface area contributed by atoms with Crippen LogP contribution < -0.4 is 10.6 Å². The molecule has 0 amide bonds. The highest BCUT2D eigenvalue weighted by atomic mass is 35.5. The van der Waals surface area contributed by atoms with E-state index in [1.165, 1.54) is 0 Å². The molecule has 3 N–H and O–H groups in total. The molecule has 0 saturated carbocycles. The summed E-state index contributed by atoms with van der Waals surface area (Å²) >= 11 is 5.80. The summed E-state index contributed by atoms with van der Waals surface area (Å²) in [5.74, 6) is 0.717. The lowest BCUT2D eigenvalue weighted by molar-refractivity contribution is -0.140. The third kappa shape index (κ3) is 4.05. The van der Waals surface area contributed by atoms with Gasteiger partial charge in [0.1, 0.15) is 11.5 Å². The summed E-state index contributed by atoms with van der Waals surface area (Å²) in [6.45, 7) is 0.453. The molecule has 0 atom stereocenters. The smallest absolute Gasteiger partial charge is 0.384 e. The maximum atomic E-state index is 12.6. The second-order valence-electron chi connectivity index (χ2n) is 5.35. The van der Waals surface area contributed by atoms with Gasteiger partial charge in [0.25, 0.3) is 0 Å². The molecule has 1 aromatic carbocycles. The molecule has 6 nitrogen and oxygen atoms in total. The summed E-state index contributed by atoms with van der Waals surface area (Å²) in [6.07, 6.45) is -2.10. The van der Waals surface area contributed by atoms with Crippen LogP contribution in [0.25, 0.3) is 11.4 Å². The number of halogens is 4. The molecule has 0 aliphatic carbocycles. The molecule has 0 radical (unpaired) electrons. The highest BCUT2D eigenvalue weighted by Crippen LogP contribution is 2.29. The second-order valence-corrected chi connectivity index (χ2v) is 5.68. The lowest BCUT2D eigenvalue weighted by atomic mass is 10.1. The number of anilines is 2. The van der Waals surface area contributed by atoms with Crippen LogP contribution in [0.1, 0.15) is 11.3 Å². The fourth-order valence-electron chi connectivity index (χ4n) is 2.26. The molecule has 10 heteroatoms. The number of aromatic amines is 1. The summed E-state index contributed by atoms with van der Waals surface area (Å²) < 4.78 is 37.9. The topological polar surface area (TPSA) is 78.5 Å². The van der Waals surface area contributed by atoms with Gasteiger partial charge in [-0.05, 0) is 17.2 Å². The molecule has 136 valence electrons. The third-order valence-corrected chi connectivity index (χ3v) is 3.78. The molecule has 26 heavy (non-hydrogen) atoms. The predicted molar refractivity (Wildman–Crippen MR) is 92.9 cm³/mol. The van der Waals surface area contributed by atoms with Crippen molar-refractivity contribution in [2.75, 3.05) is 17.7 Å². The van der Waals surface area contributed by atoms with E-state index < -0.39 is 11.9 Å². The van der Waals surface area contributed by atoms with Crippen LogP contribution in [0.2, 0.25) is 5.28 Å². The monoisotopic (exact) mass is 382 g/mol. The molecule has 2 aromatic heterocycles. The molecule has 0 fully saturated rings. The molecular weight excluding hydrogens is 369 g/mol. The molecule has 0 unspecified atom stereocenters. The van der Waals surface area contributed by atoms with Gasteiger partial charge in [0.2, 0.25) is 5.28 Å². The van der Waals surface area contributed by atoms with Gasteiger partial charge < -0.3 is 15.6 Å². The lowest BCUT2D eigenvalue weighted by Crippen LogP contribution is -2.06. The van der Waals surface area contributed by atoms with Gasteiger partial charge >= 0.3 is 6.18 Å². The van der Waals surface area contributed by atoms with Crippen LogP contribution in [-0.2, 0) is 12.7 Å². The van der Waals surface area contributed by atoms with Crippen molar-refractivity contribution in [3.63, 3.8) is 0 Å². The Balaban J connectivity index is 1.70. The van der Waals surface area contributed by atoms with Gasteiger partial charge in [0.05, 0.1) is 18.1 Å². The average molecular weight is 383 g/mol. The van der Waals surface area contributed by atoms with Crippen LogP contribution in [0.3, 0.4) is 0 Å². The van der Waals surface area contributed by atoms with Gasteiger partial charge in [-0.1, -0.05) is 24.3 Å². The van der Waals surface area contributed by atoms with Crippen molar-refractivity contribution in [1.29, 1.82) is 0 Å². The average Bonchev–Trinajstić information content (AvgIpc) is 3.11. The first-order valence-electron chi connectivity index (χ1n) is 7.52. The van der Waals surface area contributed by atoms with Crippen molar-refractivity contribution in [1.82, 2.24) is 19.9 Å². The van der Waals surface area contributed by atoms with E-state index in [-0.39, 0.29) is 11.1 Å². The van der Waals surface area contributed by atoms with E-state index in [2.05, 4.69) is 30.6 Å². The summed E-state index contributed by atoms with van der Waals surface area (Å²) in [5, 5.41) is 6.21. The number of hydrogen-bond acceptors (Lipinski definition) is 5. The number of nitrogens with one attached hydrogen (secondary N) is 3. The fraction of sp³-hybridized carbons (Fsp3) is 0.188. The number of rotatable bonds is 5. The predicted octanol–water partition coefficient (Wildman–Crippen LogP) is 4.19. The van der Waals surface area contributed by atoms with E-state index in [9.17, 15) is 13.2 Å². The van der Waals surface area contributed by atoms with Crippen molar-refractivity contribution in [3.05, 3.63) is 53.2 Å². The van der Waals surface area contributed by atoms with Crippen molar-refractivity contribution >= 4 is 23.1 Å². The fourth-order valence-corrected chi connectivity index (χ4v) is 2.39. The molecule has 0 aliphatic heterocycles. The molecule has 0 bridgehead atoms. The number of aromatic nitrogens is 4. The molecule has 0 saturated heterocycles. The van der Waals surface area contributed by atoms with Crippen molar-refractivity contribution in [2.45, 2.75) is 12.7 Å². The molecule has 3 rings (SSSR count). The van der Waals surface area contributed by atoms with Gasteiger partial charge in [0.15, 0.2) is 5.82 Å². The standard InChI is InChI=1S/C16H14ClF3N6/c1-21-11-7-24-15(17)26-14(11)22-6-9-2-4-10(5-3-9)13-23-8-12(25-13)16(18,19)20/h2-5,7-8,21H,6H2,1H3,(H,23,25)(H,22,24,26). The van der Waals surface area contributed by atoms with Gasteiger partial charge in [0, 0.05) is 19.2 Å². The minimum atomic E-state index is -4.45. The Labute approximate surface area is 151 Å². The number of alkyl halides is 3. The van der Waals surface area contributed by atoms with Crippen LogP contribution in [-0.4, -0.2) is 27.0 Å². The molecule has 0 aliphatic rings. The minimum Gasteiger partial charge on any atom is -0.384 e. The second kappa shape index (κ2) is 7.20. The Morgan fingerprint density at radius 2 is 1.85 bits per heavy atom. The summed E-state index contributed by atoms with van der Waals surface area (Å²) in [5.41, 5.74) is 1.29. The number of imidazole rings is 1. The summed E-state index contributed by atoms with van der Waals surface area (Å²) in [7, 11) is 1.74. The Hall–Kier alpha value is -2.81. The van der Waals surface area contributed by atoms with E-state index in [0.29, 0.717) is 23.6 Å². The minimum absolute atomic E-state index is 0.125. The van der Waals surface area contributed by atoms with E-state index >= 15 is 0 Å². The number of hydrogen-bond donors (Lipinski definition) is 3. The largest absolute Gasteiger partial charge is 0.432 e. The molecular formula is C16H14ClF3N6. The third-order valence-electron chi connectivity index (χ3n) is 3.60. The zero-order chi connectivity index (χ0) is 18.7. The van der Waals surface area contributed by atoms with Crippen LogP contribution in [0.5, 0.6) is 0 Å². The molecule has 0 spiro atoms. The Morgan fingerprint density at radius 3 is 2.46 bits per heavy atom. The first-order valence-corrected chi connectivity index (χ1v) is 7.90. The first kappa shape index (κ1) is 18.0. The summed E-state index contributed by atoms with van der Waals surface area (Å²) in [4.78, 5) is 14.1. The lowest BCUT2D eigenvalue weighted by Gasteiger charge is -2.10. The van der Waals surface area contributed by atoms with E-state index in [1.54, 1.807) is 37.5 Å². The van der Waals surface area contributed by atoms with Crippen molar-refractivity contribution in [2.24, 2.45) is 0 Å². The highest BCUT2D eigenvalue weighted by Gasteiger charge is 2.33. The van der Waals surface area contributed by atoms with E-state index in [0.717, 1.165) is 11.8 Å².